The van der Waals surface area contributed by atoms with Crippen LogP contribution in [0.3, 0.4) is 0 Å². The Morgan fingerprint density at radius 2 is 1.67 bits per heavy atom. The zero-order valence-corrected chi connectivity index (χ0v) is 16.8. The molecule has 154 valence electrons. The largest absolute Gasteiger partial charge is 0.493 e. The molecule has 0 bridgehead atoms. The van der Waals surface area contributed by atoms with Gasteiger partial charge in [-0.05, 0) is 42.3 Å². The van der Waals surface area contributed by atoms with Gasteiger partial charge in [-0.2, -0.15) is 5.26 Å². The molecule has 0 spiro atoms. The van der Waals surface area contributed by atoms with Gasteiger partial charge in [0.25, 0.3) is 0 Å². The summed E-state index contributed by atoms with van der Waals surface area (Å²) in [5.74, 6) is -0.822. The number of rotatable bonds is 8. The van der Waals surface area contributed by atoms with Crippen molar-refractivity contribution in [1.82, 2.24) is 0 Å². The molecular formula is C23H21NO6. The highest BCUT2D eigenvalue weighted by molar-refractivity contribution is 6.04. The maximum Gasteiger partial charge on any atom is 0.349 e. The highest BCUT2D eigenvalue weighted by Gasteiger charge is 2.18. The van der Waals surface area contributed by atoms with Crippen molar-refractivity contribution in [3.63, 3.8) is 0 Å². The van der Waals surface area contributed by atoms with Crippen LogP contribution in [0.25, 0.3) is 11.6 Å². The minimum atomic E-state index is -1.02. The highest BCUT2D eigenvalue weighted by atomic mass is 16.5. The van der Waals surface area contributed by atoms with Crippen LogP contribution in [0.2, 0.25) is 0 Å². The molecule has 0 radical (unpaired) electrons. The predicted molar refractivity (Wildman–Crippen MR) is 111 cm³/mol. The van der Waals surface area contributed by atoms with E-state index in [0.29, 0.717) is 28.2 Å². The number of benzene rings is 2. The average molecular weight is 407 g/mol. The molecule has 0 aliphatic carbocycles. The minimum absolute atomic E-state index is 0.129. The van der Waals surface area contributed by atoms with Crippen LogP contribution in [0.1, 0.15) is 28.4 Å². The van der Waals surface area contributed by atoms with Crippen LogP contribution in [0.15, 0.2) is 54.1 Å². The van der Waals surface area contributed by atoms with Crippen molar-refractivity contribution in [2.24, 2.45) is 0 Å². The van der Waals surface area contributed by atoms with E-state index in [1.165, 1.54) is 26.4 Å². The highest BCUT2D eigenvalue weighted by Crippen LogP contribution is 2.32. The first kappa shape index (κ1) is 22.2. The first-order chi connectivity index (χ1) is 14.4. The van der Waals surface area contributed by atoms with Crippen LogP contribution in [0.5, 0.6) is 11.5 Å². The quantitative estimate of drug-likeness (QED) is 0.306. The molecule has 0 saturated heterocycles. The molecule has 7 nitrogen and oxygen atoms in total. The monoisotopic (exact) mass is 407 g/mol. The Bertz CT molecular complexity index is 1030. The first-order valence-corrected chi connectivity index (χ1v) is 9.00. The van der Waals surface area contributed by atoms with Gasteiger partial charge in [-0.1, -0.05) is 30.4 Å². The van der Waals surface area contributed by atoms with Gasteiger partial charge in [-0.25, -0.2) is 9.59 Å². The summed E-state index contributed by atoms with van der Waals surface area (Å²) in [6.45, 7) is 1.78. The fraction of sp³-hybridized carbons (Fsp3) is 0.174. The minimum Gasteiger partial charge on any atom is -0.493 e. The number of carbonyl (C=O) groups excluding carboxylic acids is 1. The number of carboxylic acids is 1. The molecule has 0 fully saturated rings. The number of hydrogen-bond acceptors (Lipinski definition) is 6. The Hall–Kier alpha value is -4.05. The van der Waals surface area contributed by atoms with Gasteiger partial charge in [0.15, 0.2) is 11.5 Å². The number of aromatic carboxylic acids is 1. The number of ether oxygens (including phenoxy) is 3. The number of esters is 1. The lowest BCUT2D eigenvalue weighted by Gasteiger charge is -2.12. The summed E-state index contributed by atoms with van der Waals surface area (Å²) in [5, 5.41) is 18.6. The predicted octanol–water partition coefficient (Wildman–Crippen LogP) is 3.96. The van der Waals surface area contributed by atoms with E-state index in [4.69, 9.17) is 19.3 Å². The molecule has 0 aliphatic heterocycles. The van der Waals surface area contributed by atoms with Crippen LogP contribution in [-0.2, 0) is 9.53 Å². The molecule has 0 aromatic heterocycles. The van der Waals surface area contributed by atoms with Gasteiger partial charge in [0.2, 0.25) is 0 Å². The van der Waals surface area contributed by atoms with Crippen molar-refractivity contribution in [3.8, 4) is 17.6 Å². The number of nitrogens with zero attached hydrogens (tertiary/aromatic N) is 1. The van der Waals surface area contributed by atoms with E-state index < -0.39 is 11.9 Å². The smallest absolute Gasteiger partial charge is 0.349 e. The third kappa shape index (κ3) is 5.26. The van der Waals surface area contributed by atoms with Crippen LogP contribution >= 0.6 is 0 Å². The van der Waals surface area contributed by atoms with Crippen LogP contribution in [-0.4, -0.2) is 37.9 Å². The molecule has 2 aromatic carbocycles. The van der Waals surface area contributed by atoms with Gasteiger partial charge >= 0.3 is 11.9 Å². The summed E-state index contributed by atoms with van der Waals surface area (Å²) >= 11 is 0. The normalized spacial score (nSPS) is 11.4. The zero-order chi connectivity index (χ0) is 22.1. The maximum absolute atomic E-state index is 12.3. The summed E-state index contributed by atoms with van der Waals surface area (Å²) in [6.07, 6.45) is 3.28. The van der Waals surface area contributed by atoms with Crippen LogP contribution < -0.4 is 9.47 Å². The number of methoxy groups -OCH3 is 2. The Morgan fingerprint density at radius 1 is 1.03 bits per heavy atom. The lowest BCUT2D eigenvalue weighted by molar-refractivity contribution is -0.137. The van der Waals surface area contributed by atoms with Crippen molar-refractivity contribution in [2.45, 2.75) is 6.92 Å². The van der Waals surface area contributed by atoms with Crippen LogP contribution in [0, 0.1) is 11.3 Å². The van der Waals surface area contributed by atoms with Gasteiger partial charge in [0.05, 0.1) is 26.4 Å². The first-order valence-electron chi connectivity index (χ1n) is 9.00. The molecule has 2 rings (SSSR count). The van der Waals surface area contributed by atoms with E-state index in [1.807, 2.05) is 6.07 Å². The lowest BCUT2D eigenvalue weighted by atomic mass is 9.98. The lowest BCUT2D eigenvalue weighted by Crippen LogP contribution is -2.08. The number of hydrogen-bond donors (Lipinski definition) is 1. The molecule has 0 aliphatic rings. The Morgan fingerprint density at radius 3 is 2.20 bits per heavy atom. The second kappa shape index (κ2) is 10.5. The van der Waals surface area contributed by atoms with Crippen molar-refractivity contribution in [3.05, 3.63) is 70.8 Å². The van der Waals surface area contributed by atoms with Gasteiger partial charge in [-0.3, -0.25) is 0 Å². The number of nitriles is 1. The summed E-state index contributed by atoms with van der Waals surface area (Å²) in [4.78, 5) is 23.3. The average Bonchev–Trinajstić information content (AvgIpc) is 2.76. The van der Waals surface area contributed by atoms with Crippen molar-refractivity contribution >= 4 is 23.6 Å². The Balaban J connectivity index is 2.58. The topological polar surface area (TPSA) is 106 Å². The molecule has 2 aromatic rings. The van der Waals surface area contributed by atoms with Gasteiger partial charge in [0, 0.05) is 5.57 Å². The SMILES string of the molecule is CCOC(=O)C(C#N)=C(C=Cc1ccc(C(=O)O)cc1)c1ccc(OC)c(OC)c1. The van der Waals surface area contributed by atoms with Gasteiger partial charge in [0.1, 0.15) is 11.6 Å². The molecule has 0 heterocycles. The summed E-state index contributed by atoms with van der Waals surface area (Å²) in [7, 11) is 3.00. The van der Waals surface area contributed by atoms with E-state index in [2.05, 4.69) is 0 Å². The fourth-order valence-corrected chi connectivity index (χ4v) is 2.66. The summed E-state index contributed by atoms with van der Waals surface area (Å²) < 4.78 is 15.6. The number of carbonyl (C=O) groups is 2. The summed E-state index contributed by atoms with van der Waals surface area (Å²) in [6, 6.07) is 13.1. The summed E-state index contributed by atoms with van der Waals surface area (Å²) in [5.41, 5.74) is 1.57. The van der Waals surface area contributed by atoms with E-state index in [9.17, 15) is 14.9 Å². The van der Waals surface area contributed by atoms with Crippen molar-refractivity contribution in [1.29, 1.82) is 5.26 Å². The molecular weight excluding hydrogens is 386 g/mol. The van der Waals surface area contributed by atoms with Crippen LogP contribution in [0.4, 0.5) is 0 Å². The zero-order valence-electron chi connectivity index (χ0n) is 16.8. The third-order valence-electron chi connectivity index (χ3n) is 4.16. The molecule has 0 saturated carbocycles. The fourth-order valence-electron chi connectivity index (χ4n) is 2.66. The van der Waals surface area contributed by atoms with Crippen molar-refractivity contribution < 1.29 is 28.9 Å². The van der Waals surface area contributed by atoms with E-state index in [1.54, 1.807) is 49.4 Å². The van der Waals surface area contributed by atoms with E-state index in [0.717, 1.165) is 0 Å². The molecule has 30 heavy (non-hydrogen) atoms. The second-order valence-corrected chi connectivity index (χ2v) is 5.95. The Kier molecular flexibility index (Phi) is 7.77. The van der Waals surface area contributed by atoms with Gasteiger partial charge in [-0.15, -0.1) is 0 Å². The standard InChI is InChI=1S/C23H21NO6/c1-4-30-23(27)19(14-24)18(17-10-12-20(28-2)21(13-17)29-3)11-7-15-5-8-16(9-6-15)22(25)26/h5-13H,4H2,1-3H3,(H,25,26). The van der Waals surface area contributed by atoms with Gasteiger partial charge < -0.3 is 19.3 Å². The third-order valence-corrected chi connectivity index (χ3v) is 4.16. The molecule has 1 N–H and O–H groups in total. The maximum atomic E-state index is 12.3. The second-order valence-electron chi connectivity index (χ2n) is 5.95. The molecule has 7 heteroatoms. The Labute approximate surface area is 174 Å². The van der Waals surface area contributed by atoms with E-state index in [-0.39, 0.29) is 17.7 Å². The number of carboxylic acid groups (broad SMARTS) is 1. The molecule has 0 atom stereocenters. The van der Waals surface area contributed by atoms with Crippen molar-refractivity contribution in [2.75, 3.05) is 20.8 Å². The molecule has 0 unspecified atom stereocenters. The number of allylic oxidation sites excluding steroid dienone is 2. The van der Waals surface area contributed by atoms with E-state index >= 15 is 0 Å². The molecule has 0 amide bonds.